The summed E-state index contributed by atoms with van der Waals surface area (Å²) in [5, 5.41) is 3.32. The van der Waals surface area contributed by atoms with Crippen molar-refractivity contribution in [3.05, 3.63) is 34.1 Å². The normalized spacial score (nSPS) is 18.5. The van der Waals surface area contributed by atoms with Crippen LogP contribution in [0.15, 0.2) is 22.7 Å². The van der Waals surface area contributed by atoms with Crippen molar-refractivity contribution in [3.63, 3.8) is 0 Å². The Morgan fingerprint density at radius 2 is 1.94 bits per heavy atom. The zero-order valence-electron chi connectivity index (χ0n) is 9.75. The van der Waals surface area contributed by atoms with Crippen LogP contribution >= 0.6 is 28.3 Å². The van der Waals surface area contributed by atoms with Crippen molar-refractivity contribution in [2.75, 3.05) is 26.2 Å². The molecular weight excluding hydrogens is 307 g/mol. The molecule has 1 aliphatic rings. The molecule has 0 aromatic heterocycles. The number of hydrogen-bond donors (Lipinski definition) is 1. The first kappa shape index (κ1) is 14.9. The predicted molar refractivity (Wildman–Crippen MR) is 74.2 cm³/mol. The van der Waals surface area contributed by atoms with Crippen LogP contribution in [0.4, 0.5) is 4.39 Å². The number of benzene rings is 1. The number of hydrogen-bond acceptors (Lipinski definition) is 2. The van der Waals surface area contributed by atoms with Gasteiger partial charge in [-0.05, 0) is 30.7 Å². The molecule has 1 N–H and O–H groups in total. The van der Waals surface area contributed by atoms with Gasteiger partial charge in [-0.2, -0.15) is 0 Å². The number of halogens is 3. The molecule has 17 heavy (non-hydrogen) atoms. The molecule has 1 heterocycles. The van der Waals surface area contributed by atoms with Crippen LogP contribution in [-0.4, -0.2) is 31.1 Å². The quantitative estimate of drug-likeness (QED) is 0.900. The molecule has 0 bridgehead atoms. The standard InChI is InChI=1S/C12H16BrFN2.ClH/c1-9(16-4-2-15-3-5-16)10-6-11(13)8-12(14)7-10;/h6-9,15H,2-5H2,1H3;1H/t9-;/m0./s1. The maximum atomic E-state index is 13.3. The third kappa shape index (κ3) is 3.91. The molecule has 1 fully saturated rings. The smallest absolute Gasteiger partial charge is 0.124 e. The molecule has 0 saturated carbocycles. The third-order valence-electron chi connectivity index (χ3n) is 3.07. The molecule has 0 aliphatic carbocycles. The molecule has 0 amide bonds. The topological polar surface area (TPSA) is 15.3 Å². The van der Waals surface area contributed by atoms with E-state index in [0.29, 0.717) is 0 Å². The highest BCUT2D eigenvalue weighted by molar-refractivity contribution is 9.10. The molecule has 1 aromatic rings. The minimum absolute atomic E-state index is 0. The van der Waals surface area contributed by atoms with Gasteiger partial charge < -0.3 is 5.32 Å². The molecule has 0 unspecified atom stereocenters. The number of piperazine rings is 1. The molecule has 1 saturated heterocycles. The zero-order valence-corrected chi connectivity index (χ0v) is 12.2. The predicted octanol–water partition coefficient (Wildman–Crippen LogP) is 2.98. The molecule has 0 radical (unpaired) electrons. The summed E-state index contributed by atoms with van der Waals surface area (Å²) in [4.78, 5) is 2.37. The Labute approximate surface area is 116 Å². The Kier molecular flexibility index (Phi) is 5.86. The molecule has 0 spiro atoms. The van der Waals surface area contributed by atoms with Crippen molar-refractivity contribution in [1.29, 1.82) is 0 Å². The summed E-state index contributed by atoms with van der Waals surface area (Å²) in [6.07, 6.45) is 0. The Morgan fingerprint density at radius 1 is 1.29 bits per heavy atom. The largest absolute Gasteiger partial charge is 0.314 e. The van der Waals surface area contributed by atoms with Crippen LogP contribution in [0.2, 0.25) is 0 Å². The molecule has 96 valence electrons. The van der Waals surface area contributed by atoms with E-state index in [1.165, 1.54) is 6.07 Å². The lowest BCUT2D eigenvalue weighted by molar-refractivity contribution is 0.185. The maximum Gasteiger partial charge on any atom is 0.124 e. The average molecular weight is 324 g/mol. The van der Waals surface area contributed by atoms with E-state index in [9.17, 15) is 4.39 Å². The van der Waals surface area contributed by atoms with Crippen LogP contribution in [0.25, 0.3) is 0 Å². The minimum atomic E-state index is -0.175. The van der Waals surface area contributed by atoms with Crippen LogP contribution in [0, 0.1) is 5.82 Å². The molecule has 1 aromatic carbocycles. The van der Waals surface area contributed by atoms with Crippen molar-refractivity contribution >= 4 is 28.3 Å². The summed E-state index contributed by atoms with van der Waals surface area (Å²) < 4.78 is 14.1. The summed E-state index contributed by atoms with van der Waals surface area (Å²) in [5.74, 6) is -0.175. The van der Waals surface area contributed by atoms with Crippen LogP contribution < -0.4 is 5.32 Å². The highest BCUT2D eigenvalue weighted by Gasteiger charge is 2.18. The second kappa shape index (κ2) is 6.69. The van der Waals surface area contributed by atoms with Gasteiger partial charge in [0.15, 0.2) is 0 Å². The first-order valence-corrected chi connectivity index (χ1v) is 6.37. The second-order valence-corrected chi connectivity index (χ2v) is 5.08. The van der Waals surface area contributed by atoms with Crippen molar-refractivity contribution < 1.29 is 4.39 Å². The Morgan fingerprint density at radius 3 is 2.53 bits per heavy atom. The fourth-order valence-corrected chi connectivity index (χ4v) is 2.58. The first-order chi connectivity index (χ1) is 7.66. The average Bonchev–Trinajstić information content (AvgIpc) is 2.28. The number of rotatable bonds is 2. The van der Waals surface area contributed by atoms with Gasteiger partial charge in [0.25, 0.3) is 0 Å². The van der Waals surface area contributed by atoms with Gasteiger partial charge in [0.05, 0.1) is 0 Å². The maximum absolute atomic E-state index is 13.3. The van der Waals surface area contributed by atoms with Gasteiger partial charge in [-0.3, -0.25) is 4.90 Å². The van der Waals surface area contributed by atoms with Crippen LogP contribution in [0.1, 0.15) is 18.5 Å². The Hall–Kier alpha value is -0.160. The molecule has 5 heteroatoms. The van der Waals surface area contributed by atoms with E-state index in [2.05, 4.69) is 33.1 Å². The van der Waals surface area contributed by atoms with Crippen molar-refractivity contribution in [2.45, 2.75) is 13.0 Å². The molecular formula is C12H17BrClFN2. The van der Waals surface area contributed by atoms with E-state index in [-0.39, 0.29) is 24.3 Å². The Balaban J connectivity index is 0.00000144. The van der Waals surface area contributed by atoms with E-state index >= 15 is 0 Å². The van der Waals surface area contributed by atoms with Gasteiger partial charge >= 0.3 is 0 Å². The van der Waals surface area contributed by atoms with Crippen LogP contribution in [0.5, 0.6) is 0 Å². The lowest BCUT2D eigenvalue weighted by Gasteiger charge is -2.33. The van der Waals surface area contributed by atoms with E-state index < -0.39 is 0 Å². The van der Waals surface area contributed by atoms with Crippen LogP contribution in [0.3, 0.4) is 0 Å². The number of nitrogens with zero attached hydrogens (tertiary/aromatic N) is 1. The van der Waals surface area contributed by atoms with E-state index in [0.717, 1.165) is 36.2 Å². The zero-order chi connectivity index (χ0) is 11.5. The van der Waals surface area contributed by atoms with E-state index in [4.69, 9.17) is 0 Å². The van der Waals surface area contributed by atoms with Crippen LogP contribution in [-0.2, 0) is 0 Å². The highest BCUT2D eigenvalue weighted by atomic mass is 79.9. The number of nitrogens with one attached hydrogen (secondary N) is 1. The van der Waals surface area contributed by atoms with Gasteiger partial charge in [0.1, 0.15) is 5.82 Å². The fraction of sp³-hybridized carbons (Fsp3) is 0.500. The van der Waals surface area contributed by atoms with Gasteiger partial charge in [-0.1, -0.05) is 15.9 Å². The molecule has 2 nitrogen and oxygen atoms in total. The lowest BCUT2D eigenvalue weighted by Crippen LogP contribution is -2.44. The highest BCUT2D eigenvalue weighted by Crippen LogP contribution is 2.24. The molecule has 1 atom stereocenters. The Bertz CT molecular complexity index is 349. The fourth-order valence-electron chi connectivity index (χ4n) is 2.10. The van der Waals surface area contributed by atoms with E-state index in [1.807, 2.05) is 6.07 Å². The summed E-state index contributed by atoms with van der Waals surface area (Å²) in [5.41, 5.74) is 1.04. The second-order valence-electron chi connectivity index (χ2n) is 4.16. The molecule has 1 aliphatic heterocycles. The molecule has 2 rings (SSSR count). The SMILES string of the molecule is C[C@@H](c1cc(F)cc(Br)c1)N1CCNCC1.Cl. The van der Waals surface area contributed by atoms with Gasteiger partial charge in [-0.25, -0.2) is 4.39 Å². The van der Waals surface area contributed by atoms with Gasteiger partial charge in [0, 0.05) is 36.7 Å². The third-order valence-corrected chi connectivity index (χ3v) is 3.52. The monoisotopic (exact) mass is 322 g/mol. The minimum Gasteiger partial charge on any atom is -0.314 e. The lowest BCUT2D eigenvalue weighted by atomic mass is 10.1. The summed E-state index contributed by atoms with van der Waals surface area (Å²) in [6.45, 7) is 6.21. The van der Waals surface area contributed by atoms with Gasteiger partial charge in [0.2, 0.25) is 0 Å². The van der Waals surface area contributed by atoms with Gasteiger partial charge in [-0.15, -0.1) is 12.4 Å². The summed E-state index contributed by atoms with van der Waals surface area (Å²) in [7, 11) is 0. The van der Waals surface area contributed by atoms with Crippen molar-refractivity contribution in [2.24, 2.45) is 0 Å². The van der Waals surface area contributed by atoms with Crippen molar-refractivity contribution in [1.82, 2.24) is 10.2 Å². The summed E-state index contributed by atoms with van der Waals surface area (Å²) in [6, 6.07) is 5.38. The van der Waals surface area contributed by atoms with Crippen molar-refractivity contribution in [3.8, 4) is 0 Å². The summed E-state index contributed by atoms with van der Waals surface area (Å²) >= 11 is 3.33. The van der Waals surface area contributed by atoms with E-state index in [1.54, 1.807) is 6.07 Å². The first-order valence-electron chi connectivity index (χ1n) is 5.57.